The van der Waals surface area contributed by atoms with Crippen LogP contribution in [-0.4, -0.2) is 36.7 Å². The van der Waals surface area contributed by atoms with Crippen LogP contribution in [0.1, 0.15) is 37.4 Å². The fourth-order valence-corrected chi connectivity index (χ4v) is 2.99. The number of hydrogen-bond donors (Lipinski definition) is 1. The first-order chi connectivity index (χ1) is 9.09. The summed E-state index contributed by atoms with van der Waals surface area (Å²) in [6, 6.07) is 8.50. The Balaban J connectivity index is 2.27. The quantitative estimate of drug-likeness (QED) is 0.906. The van der Waals surface area contributed by atoms with Crippen molar-refractivity contribution in [3.8, 4) is 0 Å². The van der Waals surface area contributed by atoms with Crippen molar-refractivity contribution in [2.75, 3.05) is 26.3 Å². The Morgan fingerprint density at radius 1 is 1.32 bits per heavy atom. The fourth-order valence-electron chi connectivity index (χ4n) is 2.99. The first-order valence-corrected chi connectivity index (χ1v) is 7.23. The molecule has 1 aliphatic rings. The van der Waals surface area contributed by atoms with Gasteiger partial charge in [-0.2, -0.15) is 0 Å². The van der Waals surface area contributed by atoms with E-state index in [4.69, 9.17) is 10.5 Å². The second kappa shape index (κ2) is 6.04. The molecule has 3 heteroatoms. The number of ether oxygens (including phenoxy) is 1. The predicted molar refractivity (Wildman–Crippen MR) is 79.2 cm³/mol. The third-order valence-electron chi connectivity index (χ3n) is 4.64. The summed E-state index contributed by atoms with van der Waals surface area (Å²) in [5.41, 5.74) is 9.17. The highest BCUT2D eigenvalue weighted by atomic mass is 16.5. The minimum atomic E-state index is -0.00407. The van der Waals surface area contributed by atoms with Crippen molar-refractivity contribution in [1.82, 2.24) is 4.90 Å². The summed E-state index contributed by atoms with van der Waals surface area (Å²) >= 11 is 0. The molecule has 3 nitrogen and oxygen atoms in total. The summed E-state index contributed by atoms with van der Waals surface area (Å²) in [5, 5.41) is 0. The molecule has 0 spiro atoms. The molecule has 1 heterocycles. The number of nitrogens with zero attached hydrogens (tertiary/aromatic N) is 1. The molecule has 2 rings (SSSR count). The van der Waals surface area contributed by atoms with E-state index in [0.29, 0.717) is 0 Å². The minimum Gasteiger partial charge on any atom is -0.379 e. The van der Waals surface area contributed by atoms with Gasteiger partial charge in [0.2, 0.25) is 0 Å². The lowest BCUT2D eigenvalue weighted by atomic mass is 9.82. The van der Waals surface area contributed by atoms with Crippen LogP contribution in [0.25, 0.3) is 0 Å². The topological polar surface area (TPSA) is 38.5 Å². The minimum absolute atomic E-state index is 0.00407. The van der Waals surface area contributed by atoms with E-state index in [0.717, 1.165) is 32.7 Å². The van der Waals surface area contributed by atoms with E-state index >= 15 is 0 Å². The van der Waals surface area contributed by atoms with E-state index in [-0.39, 0.29) is 11.6 Å². The standard InChI is InChI=1S/C16H26N2O/c1-4-16(3,18-9-11-19-12-10-18)15(17)14-8-6-5-7-13(14)2/h5-8,15H,4,9-12,17H2,1-3H3. The van der Waals surface area contributed by atoms with Gasteiger partial charge in [0.25, 0.3) is 0 Å². The molecule has 2 atom stereocenters. The highest BCUT2D eigenvalue weighted by Gasteiger charge is 2.38. The van der Waals surface area contributed by atoms with Crippen LogP contribution in [0, 0.1) is 6.92 Å². The fraction of sp³-hybridized carbons (Fsp3) is 0.625. The van der Waals surface area contributed by atoms with Gasteiger partial charge in [-0.15, -0.1) is 0 Å². The van der Waals surface area contributed by atoms with Crippen molar-refractivity contribution in [1.29, 1.82) is 0 Å². The van der Waals surface area contributed by atoms with Crippen molar-refractivity contribution < 1.29 is 4.74 Å². The molecule has 19 heavy (non-hydrogen) atoms. The van der Waals surface area contributed by atoms with Gasteiger partial charge in [-0.05, 0) is 31.4 Å². The highest BCUT2D eigenvalue weighted by molar-refractivity contribution is 5.31. The van der Waals surface area contributed by atoms with E-state index in [1.54, 1.807) is 0 Å². The normalized spacial score (nSPS) is 21.9. The highest BCUT2D eigenvalue weighted by Crippen LogP contribution is 2.34. The van der Waals surface area contributed by atoms with Crippen LogP contribution >= 0.6 is 0 Å². The molecule has 0 amide bonds. The average Bonchev–Trinajstić information content (AvgIpc) is 2.47. The predicted octanol–water partition coefficient (Wildman–Crippen LogP) is 2.50. The smallest absolute Gasteiger partial charge is 0.0594 e. The summed E-state index contributed by atoms with van der Waals surface area (Å²) < 4.78 is 5.47. The molecule has 1 aromatic rings. The van der Waals surface area contributed by atoms with E-state index in [2.05, 4.69) is 49.9 Å². The third-order valence-corrected chi connectivity index (χ3v) is 4.64. The maximum Gasteiger partial charge on any atom is 0.0594 e. The van der Waals surface area contributed by atoms with Gasteiger partial charge in [0.1, 0.15) is 0 Å². The van der Waals surface area contributed by atoms with Gasteiger partial charge in [-0.1, -0.05) is 31.2 Å². The van der Waals surface area contributed by atoms with Crippen molar-refractivity contribution >= 4 is 0 Å². The van der Waals surface area contributed by atoms with Gasteiger partial charge in [-0.25, -0.2) is 0 Å². The summed E-state index contributed by atoms with van der Waals surface area (Å²) in [7, 11) is 0. The zero-order chi connectivity index (χ0) is 13.9. The van der Waals surface area contributed by atoms with E-state index in [1.807, 2.05) is 0 Å². The molecule has 0 aliphatic carbocycles. The lowest BCUT2D eigenvalue weighted by Gasteiger charge is -2.47. The molecule has 1 saturated heterocycles. The van der Waals surface area contributed by atoms with Crippen LogP contribution < -0.4 is 5.73 Å². The molecule has 106 valence electrons. The van der Waals surface area contributed by atoms with E-state index in [9.17, 15) is 0 Å². The summed E-state index contributed by atoms with van der Waals surface area (Å²) in [6.45, 7) is 10.2. The Morgan fingerprint density at radius 3 is 2.53 bits per heavy atom. The Morgan fingerprint density at radius 2 is 1.95 bits per heavy atom. The van der Waals surface area contributed by atoms with Gasteiger partial charge in [0.05, 0.1) is 13.2 Å². The summed E-state index contributed by atoms with van der Waals surface area (Å²) in [6.07, 6.45) is 1.04. The van der Waals surface area contributed by atoms with Crippen molar-refractivity contribution in [2.45, 2.75) is 38.8 Å². The zero-order valence-corrected chi connectivity index (χ0v) is 12.4. The number of morpholine rings is 1. The Kier molecular flexibility index (Phi) is 4.61. The molecule has 2 N–H and O–H groups in total. The maximum atomic E-state index is 6.63. The lowest BCUT2D eigenvalue weighted by molar-refractivity contribution is -0.0278. The zero-order valence-electron chi connectivity index (χ0n) is 12.4. The van der Waals surface area contributed by atoms with Crippen LogP contribution in [0.15, 0.2) is 24.3 Å². The van der Waals surface area contributed by atoms with Crippen LogP contribution in [0.5, 0.6) is 0 Å². The Bertz CT molecular complexity index is 415. The third kappa shape index (κ3) is 2.83. The van der Waals surface area contributed by atoms with Crippen molar-refractivity contribution in [2.24, 2.45) is 5.73 Å². The maximum absolute atomic E-state index is 6.63. The molecule has 1 fully saturated rings. The van der Waals surface area contributed by atoms with Crippen LogP contribution in [-0.2, 0) is 4.74 Å². The second-order valence-electron chi connectivity index (χ2n) is 5.64. The van der Waals surface area contributed by atoms with Crippen LogP contribution in [0.4, 0.5) is 0 Å². The van der Waals surface area contributed by atoms with Crippen molar-refractivity contribution in [3.63, 3.8) is 0 Å². The SMILES string of the molecule is CCC(C)(C(N)c1ccccc1C)N1CCOCC1. The monoisotopic (exact) mass is 262 g/mol. The van der Waals surface area contributed by atoms with Gasteiger partial charge in [0, 0.05) is 24.7 Å². The molecular weight excluding hydrogens is 236 g/mol. The van der Waals surface area contributed by atoms with Gasteiger partial charge in [0.15, 0.2) is 0 Å². The average molecular weight is 262 g/mol. The largest absolute Gasteiger partial charge is 0.379 e. The Labute approximate surface area is 116 Å². The van der Waals surface area contributed by atoms with Crippen LogP contribution in [0.2, 0.25) is 0 Å². The number of rotatable bonds is 4. The number of benzene rings is 1. The molecule has 0 saturated carbocycles. The van der Waals surface area contributed by atoms with Gasteiger partial charge < -0.3 is 10.5 Å². The summed E-state index contributed by atoms with van der Waals surface area (Å²) in [5.74, 6) is 0. The molecular formula is C16H26N2O. The van der Waals surface area contributed by atoms with Gasteiger partial charge >= 0.3 is 0 Å². The van der Waals surface area contributed by atoms with Crippen LogP contribution in [0.3, 0.4) is 0 Å². The number of hydrogen-bond acceptors (Lipinski definition) is 3. The van der Waals surface area contributed by atoms with E-state index in [1.165, 1.54) is 11.1 Å². The first-order valence-electron chi connectivity index (χ1n) is 7.23. The second-order valence-corrected chi connectivity index (χ2v) is 5.64. The molecule has 2 unspecified atom stereocenters. The van der Waals surface area contributed by atoms with Gasteiger partial charge in [-0.3, -0.25) is 4.90 Å². The Hall–Kier alpha value is -0.900. The lowest BCUT2D eigenvalue weighted by Crippen LogP contribution is -2.56. The molecule has 0 bridgehead atoms. The summed E-state index contributed by atoms with van der Waals surface area (Å²) in [4.78, 5) is 2.49. The molecule has 0 radical (unpaired) electrons. The van der Waals surface area contributed by atoms with Crippen molar-refractivity contribution in [3.05, 3.63) is 35.4 Å². The molecule has 0 aromatic heterocycles. The van der Waals surface area contributed by atoms with E-state index < -0.39 is 0 Å². The number of aryl methyl sites for hydroxylation is 1. The number of nitrogens with two attached hydrogens (primary N) is 1. The molecule has 1 aromatic carbocycles. The molecule has 1 aliphatic heterocycles. The first kappa shape index (κ1) is 14.5.